The Bertz CT molecular complexity index is 634. The first kappa shape index (κ1) is 11.0. The van der Waals surface area contributed by atoms with Gasteiger partial charge in [-0.1, -0.05) is 30.3 Å². The van der Waals surface area contributed by atoms with Gasteiger partial charge in [0.05, 0.1) is 5.54 Å². The molecule has 102 valence electrons. The summed E-state index contributed by atoms with van der Waals surface area (Å²) >= 11 is 0. The first-order valence-corrected chi connectivity index (χ1v) is 7.69. The predicted octanol–water partition coefficient (Wildman–Crippen LogP) is 2.88. The molecule has 0 radical (unpaired) electrons. The summed E-state index contributed by atoms with van der Waals surface area (Å²) in [6, 6.07) is 10.4. The molecule has 2 atom stereocenters. The zero-order valence-electron chi connectivity index (χ0n) is 11.4. The standard InChI is InChI=1S/C16H18N4/c1-2-4-13(5-3-1)15-17-18-19-20(15)16-9-11-6-12(10-16)8-14(16)7-11/h1-5,11-12,14H,6-10H2. The first-order chi connectivity index (χ1) is 9.85. The number of hydrogen-bond acceptors (Lipinski definition) is 3. The number of benzene rings is 1. The van der Waals surface area contributed by atoms with Crippen molar-refractivity contribution in [2.45, 2.75) is 37.6 Å². The molecule has 1 heterocycles. The Morgan fingerprint density at radius 3 is 2.50 bits per heavy atom. The van der Waals surface area contributed by atoms with Crippen LogP contribution in [-0.4, -0.2) is 20.2 Å². The van der Waals surface area contributed by atoms with Gasteiger partial charge in [0.25, 0.3) is 0 Å². The van der Waals surface area contributed by atoms with E-state index in [0.29, 0.717) is 0 Å². The molecule has 4 fully saturated rings. The zero-order valence-corrected chi connectivity index (χ0v) is 11.4. The molecule has 6 rings (SSSR count). The highest BCUT2D eigenvalue weighted by molar-refractivity contribution is 5.54. The second-order valence-electron chi connectivity index (χ2n) is 6.93. The van der Waals surface area contributed by atoms with Gasteiger partial charge in [-0.15, -0.1) is 5.10 Å². The van der Waals surface area contributed by atoms with Gasteiger partial charge in [0, 0.05) is 5.56 Å². The fourth-order valence-corrected chi connectivity index (χ4v) is 5.35. The zero-order chi connectivity index (χ0) is 13.2. The van der Waals surface area contributed by atoms with E-state index in [1.165, 1.54) is 32.1 Å². The Labute approximate surface area is 118 Å². The van der Waals surface area contributed by atoms with Crippen molar-refractivity contribution in [3.63, 3.8) is 0 Å². The van der Waals surface area contributed by atoms with Crippen molar-refractivity contribution in [1.29, 1.82) is 0 Å². The molecule has 0 spiro atoms. The minimum Gasteiger partial charge on any atom is -0.219 e. The monoisotopic (exact) mass is 266 g/mol. The highest BCUT2D eigenvalue weighted by Crippen LogP contribution is 2.64. The summed E-state index contributed by atoms with van der Waals surface area (Å²) in [4.78, 5) is 0. The van der Waals surface area contributed by atoms with Gasteiger partial charge in [0.1, 0.15) is 0 Å². The largest absolute Gasteiger partial charge is 0.219 e. The number of nitrogens with zero attached hydrogens (tertiary/aromatic N) is 4. The van der Waals surface area contributed by atoms with Crippen LogP contribution >= 0.6 is 0 Å². The maximum Gasteiger partial charge on any atom is 0.182 e. The van der Waals surface area contributed by atoms with Crippen LogP contribution in [0.15, 0.2) is 30.3 Å². The fourth-order valence-electron chi connectivity index (χ4n) is 5.35. The smallest absolute Gasteiger partial charge is 0.182 e. The van der Waals surface area contributed by atoms with Gasteiger partial charge in [0.15, 0.2) is 5.82 Å². The lowest BCUT2D eigenvalue weighted by atomic mass is 9.80. The molecule has 4 aliphatic rings. The summed E-state index contributed by atoms with van der Waals surface area (Å²) in [5, 5.41) is 12.7. The van der Waals surface area contributed by atoms with Crippen LogP contribution in [0.4, 0.5) is 0 Å². The molecule has 4 heteroatoms. The molecule has 0 aliphatic heterocycles. The van der Waals surface area contributed by atoms with Crippen LogP contribution in [0.5, 0.6) is 0 Å². The fraction of sp³-hybridized carbons (Fsp3) is 0.562. The molecule has 20 heavy (non-hydrogen) atoms. The summed E-state index contributed by atoms with van der Waals surface area (Å²) in [5.41, 5.74) is 1.36. The third kappa shape index (κ3) is 1.29. The molecule has 4 saturated carbocycles. The number of aromatic nitrogens is 4. The Kier molecular flexibility index (Phi) is 2.03. The molecule has 2 unspecified atom stereocenters. The minimum atomic E-state index is 0.224. The second kappa shape index (κ2) is 3.68. The molecule has 4 aliphatic carbocycles. The summed E-state index contributed by atoms with van der Waals surface area (Å²) in [5.74, 6) is 3.59. The first-order valence-electron chi connectivity index (χ1n) is 7.69. The van der Waals surface area contributed by atoms with E-state index in [9.17, 15) is 0 Å². The molecule has 1 aromatic heterocycles. The van der Waals surface area contributed by atoms with Crippen LogP contribution in [0.2, 0.25) is 0 Å². The van der Waals surface area contributed by atoms with E-state index in [2.05, 4.69) is 44.5 Å². The van der Waals surface area contributed by atoms with Gasteiger partial charge in [-0.3, -0.25) is 0 Å². The van der Waals surface area contributed by atoms with Crippen LogP contribution in [0, 0.1) is 17.8 Å². The lowest BCUT2D eigenvalue weighted by Gasteiger charge is -2.33. The lowest BCUT2D eigenvalue weighted by Crippen LogP contribution is -2.36. The van der Waals surface area contributed by atoms with Crippen LogP contribution in [-0.2, 0) is 5.54 Å². The van der Waals surface area contributed by atoms with E-state index < -0.39 is 0 Å². The van der Waals surface area contributed by atoms with Crippen molar-refractivity contribution in [2.75, 3.05) is 0 Å². The maximum absolute atomic E-state index is 4.42. The molecule has 0 saturated heterocycles. The Morgan fingerprint density at radius 2 is 1.75 bits per heavy atom. The van der Waals surface area contributed by atoms with Crippen molar-refractivity contribution < 1.29 is 0 Å². The van der Waals surface area contributed by atoms with Crippen molar-refractivity contribution >= 4 is 0 Å². The van der Waals surface area contributed by atoms with Crippen LogP contribution in [0.3, 0.4) is 0 Å². The van der Waals surface area contributed by atoms with Gasteiger partial charge >= 0.3 is 0 Å². The van der Waals surface area contributed by atoms with Crippen molar-refractivity contribution in [3.05, 3.63) is 30.3 Å². The molecule has 4 bridgehead atoms. The van der Waals surface area contributed by atoms with E-state index in [-0.39, 0.29) is 5.54 Å². The van der Waals surface area contributed by atoms with E-state index in [1.54, 1.807) is 0 Å². The van der Waals surface area contributed by atoms with Crippen LogP contribution in [0.1, 0.15) is 32.1 Å². The van der Waals surface area contributed by atoms with E-state index >= 15 is 0 Å². The van der Waals surface area contributed by atoms with E-state index in [1.807, 2.05) is 6.07 Å². The molecular weight excluding hydrogens is 248 g/mol. The van der Waals surface area contributed by atoms with Gasteiger partial charge in [-0.25, -0.2) is 4.68 Å². The number of hydrogen-bond donors (Lipinski definition) is 0. The van der Waals surface area contributed by atoms with Gasteiger partial charge in [-0.05, 0) is 60.3 Å². The molecule has 0 amide bonds. The van der Waals surface area contributed by atoms with E-state index in [0.717, 1.165) is 29.1 Å². The molecular formula is C16H18N4. The van der Waals surface area contributed by atoms with Gasteiger partial charge in [0.2, 0.25) is 0 Å². The average Bonchev–Trinajstić information content (AvgIpc) is 3.11. The summed E-state index contributed by atoms with van der Waals surface area (Å²) in [6.45, 7) is 0. The SMILES string of the molecule is c1ccc(-c2nnnn2C23CC4CC(CC2C4)C3)cc1. The highest BCUT2D eigenvalue weighted by atomic mass is 15.6. The van der Waals surface area contributed by atoms with Gasteiger partial charge < -0.3 is 0 Å². The third-order valence-electron chi connectivity index (χ3n) is 5.87. The second-order valence-corrected chi connectivity index (χ2v) is 6.93. The van der Waals surface area contributed by atoms with Crippen molar-refractivity contribution in [2.24, 2.45) is 17.8 Å². The summed E-state index contributed by atoms with van der Waals surface area (Å²) in [7, 11) is 0. The average molecular weight is 266 g/mol. The highest BCUT2D eigenvalue weighted by Gasteiger charge is 2.60. The molecule has 2 aromatic rings. The third-order valence-corrected chi connectivity index (χ3v) is 5.87. The van der Waals surface area contributed by atoms with E-state index in [4.69, 9.17) is 0 Å². The normalized spacial score (nSPS) is 37.7. The van der Waals surface area contributed by atoms with Crippen molar-refractivity contribution in [3.8, 4) is 11.4 Å². The number of tetrazole rings is 1. The Balaban J connectivity index is 1.65. The Morgan fingerprint density at radius 1 is 1.00 bits per heavy atom. The lowest BCUT2D eigenvalue weighted by molar-refractivity contribution is 0.184. The summed E-state index contributed by atoms with van der Waals surface area (Å²) < 4.78 is 2.19. The summed E-state index contributed by atoms with van der Waals surface area (Å²) in [6.07, 6.45) is 6.81. The minimum absolute atomic E-state index is 0.224. The molecule has 4 nitrogen and oxygen atoms in total. The van der Waals surface area contributed by atoms with Crippen LogP contribution < -0.4 is 0 Å². The Hall–Kier alpha value is -1.71. The van der Waals surface area contributed by atoms with Crippen LogP contribution in [0.25, 0.3) is 11.4 Å². The molecule has 1 aromatic carbocycles. The quantitative estimate of drug-likeness (QED) is 0.839. The maximum atomic E-state index is 4.42. The topological polar surface area (TPSA) is 43.6 Å². The molecule has 0 N–H and O–H groups in total. The van der Waals surface area contributed by atoms with Gasteiger partial charge in [-0.2, -0.15) is 0 Å². The number of rotatable bonds is 2. The van der Waals surface area contributed by atoms with Crippen molar-refractivity contribution in [1.82, 2.24) is 20.2 Å². The predicted molar refractivity (Wildman–Crippen MR) is 74.8 cm³/mol.